The van der Waals surface area contributed by atoms with Crippen molar-refractivity contribution in [1.82, 2.24) is 5.43 Å². The van der Waals surface area contributed by atoms with E-state index in [1.807, 2.05) is 0 Å². The van der Waals surface area contributed by atoms with Gasteiger partial charge in [-0.05, 0) is 48.9 Å². The van der Waals surface area contributed by atoms with Gasteiger partial charge in [-0.1, -0.05) is 6.07 Å². The summed E-state index contributed by atoms with van der Waals surface area (Å²) >= 11 is 0. The van der Waals surface area contributed by atoms with Crippen molar-refractivity contribution in [1.29, 1.82) is 0 Å². The Balaban J connectivity index is 1.88. The number of phenols is 1. The number of halogens is 3. The van der Waals surface area contributed by atoms with E-state index in [0.717, 1.165) is 18.2 Å². The lowest BCUT2D eigenvalue weighted by Crippen LogP contribution is -2.24. The monoisotopic (exact) mass is 409 g/mol. The lowest BCUT2D eigenvalue weighted by Gasteiger charge is -2.09. The van der Waals surface area contributed by atoms with Crippen LogP contribution in [0.1, 0.15) is 24.5 Å². The third-order valence-corrected chi connectivity index (χ3v) is 3.48. The van der Waals surface area contributed by atoms with Crippen molar-refractivity contribution in [3.63, 3.8) is 0 Å². The molecule has 154 valence electrons. The van der Waals surface area contributed by atoms with E-state index >= 15 is 0 Å². The largest absolute Gasteiger partial charge is 0.504 e. The predicted octanol–water partition coefficient (Wildman–Crippen LogP) is 3.29. The summed E-state index contributed by atoms with van der Waals surface area (Å²) in [6.45, 7) is 2.11. The zero-order valence-electron chi connectivity index (χ0n) is 15.3. The maximum atomic E-state index is 12.7. The molecule has 0 aromatic heterocycles. The number of nitrogens with one attached hydrogen (secondary N) is 2. The molecule has 0 aliphatic heterocycles. The molecule has 0 spiro atoms. The van der Waals surface area contributed by atoms with Gasteiger partial charge in [-0.15, -0.1) is 0 Å². The van der Waals surface area contributed by atoms with Crippen LogP contribution in [-0.2, 0) is 15.8 Å². The van der Waals surface area contributed by atoms with E-state index in [0.29, 0.717) is 12.2 Å². The third-order valence-electron chi connectivity index (χ3n) is 3.48. The maximum absolute atomic E-state index is 12.7. The second kappa shape index (κ2) is 9.58. The molecule has 29 heavy (non-hydrogen) atoms. The normalized spacial score (nSPS) is 11.3. The molecule has 0 aliphatic rings. The van der Waals surface area contributed by atoms with Gasteiger partial charge >= 0.3 is 6.18 Å². The van der Waals surface area contributed by atoms with Crippen LogP contribution in [-0.4, -0.2) is 29.7 Å². The van der Waals surface area contributed by atoms with Crippen molar-refractivity contribution in [2.24, 2.45) is 5.10 Å². The van der Waals surface area contributed by atoms with Gasteiger partial charge in [-0.3, -0.25) is 9.59 Å². The number of carbonyl (C=O) groups is 2. The summed E-state index contributed by atoms with van der Waals surface area (Å²) in [6.07, 6.45) is -3.89. The summed E-state index contributed by atoms with van der Waals surface area (Å²) < 4.78 is 43.2. The zero-order chi connectivity index (χ0) is 21.4. The number of anilines is 1. The third kappa shape index (κ3) is 6.83. The number of hydrogen-bond acceptors (Lipinski definition) is 5. The number of phenolic OH excluding ortho intramolecular Hbond substituents is 1. The molecule has 2 aromatic carbocycles. The van der Waals surface area contributed by atoms with Crippen LogP contribution in [0.4, 0.5) is 18.9 Å². The first-order valence-corrected chi connectivity index (χ1v) is 8.44. The fourth-order valence-corrected chi connectivity index (χ4v) is 2.22. The SMILES string of the molecule is CCOc1cc(/C=N/NC(=O)CC(=O)Nc2cccc(C(F)(F)F)c2)ccc1O. The number of ether oxygens (including phenoxy) is 1. The lowest BCUT2D eigenvalue weighted by atomic mass is 10.2. The van der Waals surface area contributed by atoms with Gasteiger partial charge in [-0.25, -0.2) is 5.43 Å². The number of alkyl halides is 3. The molecule has 0 atom stereocenters. The Labute approximate surface area is 164 Å². The Morgan fingerprint density at radius 2 is 1.93 bits per heavy atom. The molecule has 7 nitrogen and oxygen atoms in total. The van der Waals surface area contributed by atoms with Crippen molar-refractivity contribution >= 4 is 23.7 Å². The number of amides is 2. The summed E-state index contributed by atoms with van der Waals surface area (Å²) in [6, 6.07) is 8.52. The quantitative estimate of drug-likeness (QED) is 0.371. The van der Waals surface area contributed by atoms with Crippen LogP contribution in [0.2, 0.25) is 0 Å². The number of rotatable bonds is 7. The van der Waals surface area contributed by atoms with E-state index in [1.54, 1.807) is 6.92 Å². The zero-order valence-corrected chi connectivity index (χ0v) is 15.3. The highest BCUT2D eigenvalue weighted by Crippen LogP contribution is 2.30. The molecule has 0 aliphatic carbocycles. The Hall–Kier alpha value is -3.56. The van der Waals surface area contributed by atoms with Crippen LogP contribution in [0.15, 0.2) is 47.6 Å². The first-order valence-electron chi connectivity index (χ1n) is 8.44. The van der Waals surface area contributed by atoms with Crippen molar-refractivity contribution in [3.05, 3.63) is 53.6 Å². The van der Waals surface area contributed by atoms with E-state index in [9.17, 15) is 27.9 Å². The van der Waals surface area contributed by atoms with E-state index in [4.69, 9.17) is 4.74 Å². The number of hydrazone groups is 1. The second-order valence-electron chi connectivity index (χ2n) is 5.76. The molecular formula is C19H18F3N3O4. The number of carbonyl (C=O) groups excluding carboxylic acids is 2. The summed E-state index contributed by atoms with van der Waals surface area (Å²) in [4.78, 5) is 23.6. The fraction of sp³-hybridized carbons (Fsp3) is 0.211. The van der Waals surface area contributed by atoms with Gasteiger partial charge in [0.15, 0.2) is 11.5 Å². The van der Waals surface area contributed by atoms with Crippen molar-refractivity contribution in [2.45, 2.75) is 19.5 Å². The molecule has 0 radical (unpaired) electrons. The van der Waals surface area contributed by atoms with Crippen LogP contribution < -0.4 is 15.5 Å². The first kappa shape index (κ1) is 21.7. The Bertz CT molecular complexity index is 914. The minimum atomic E-state index is -4.54. The van der Waals surface area contributed by atoms with Crippen LogP contribution in [0.5, 0.6) is 11.5 Å². The molecule has 0 unspecified atom stereocenters. The van der Waals surface area contributed by atoms with E-state index in [-0.39, 0.29) is 17.2 Å². The van der Waals surface area contributed by atoms with Gasteiger partial charge < -0.3 is 15.2 Å². The summed E-state index contributed by atoms with van der Waals surface area (Å²) in [5.74, 6) is -1.34. The molecule has 10 heteroatoms. The van der Waals surface area contributed by atoms with Crippen LogP contribution >= 0.6 is 0 Å². The van der Waals surface area contributed by atoms with Crippen LogP contribution in [0.3, 0.4) is 0 Å². The van der Waals surface area contributed by atoms with Crippen LogP contribution in [0, 0.1) is 0 Å². The topological polar surface area (TPSA) is 100 Å². The first-order chi connectivity index (χ1) is 13.7. The summed E-state index contributed by atoms with van der Waals surface area (Å²) in [5, 5.41) is 15.5. The number of hydrogen-bond donors (Lipinski definition) is 3. The average Bonchev–Trinajstić information content (AvgIpc) is 2.64. The molecule has 0 bridgehead atoms. The minimum absolute atomic E-state index is 0.0423. The molecule has 0 saturated carbocycles. The van der Waals surface area contributed by atoms with Gasteiger partial charge in [-0.2, -0.15) is 18.3 Å². The Morgan fingerprint density at radius 3 is 2.62 bits per heavy atom. The van der Waals surface area contributed by atoms with Gasteiger partial charge in [0.05, 0.1) is 18.4 Å². The lowest BCUT2D eigenvalue weighted by molar-refractivity contribution is -0.137. The average molecular weight is 409 g/mol. The molecule has 2 rings (SSSR count). The highest BCUT2D eigenvalue weighted by Gasteiger charge is 2.30. The molecular weight excluding hydrogens is 391 g/mol. The molecule has 0 heterocycles. The van der Waals surface area contributed by atoms with Crippen LogP contribution in [0.25, 0.3) is 0 Å². The number of nitrogens with zero attached hydrogens (tertiary/aromatic N) is 1. The van der Waals surface area contributed by atoms with Crippen molar-refractivity contribution in [2.75, 3.05) is 11.9 Å². The molecule has 2 aromatic rings. The second-order valence-corrected chi connectivity index (χ2v) is 5.76. The van der Waals surface area contributed by atoms with Crippen molar-refractivity contribution in [3.8, 4) is 11.5 Å². The Morgan fingerprint density at radius 1 is 1.17 bits per heavy atom. The standard InChI is InChI=1S/C19H18F3N3O4/c1-2-29-16-8-12(6-7-15(16)26)11-23-25-18(28)10-17(27)24-14-5-3-4-13(9-14)19(20,21)22/h3-9,11,26H,2,10H2,1H3,(H,24,27)(H,25,28)/b23-11+. The number of benzene rings is 2. The van der Waals surface area contributed by atoms with Gasteiger partial charge in [0.25, 0.3) is 0 Å². The van der Waals surface area contributed by atoms with Crippen molar-refractivity contribution < 1.29 is 32.6 Å². The predicted molar refractivity (Wildman–Crippen MR) is 99.7 cm³/mol. The van der Waals surface area contributed by atoms with E-state index in [2.05, 4.69) is 15.8 Å². The Kier molecular flexibility index (Phi) is 7.18. The highest BCUT2D eigenvalue weighted by molar-refractivity contribution is 6.03. The molecule has 2 amide bonds. The molecule has 3 N–H and O–H groups in total. The van der Waals surface area contributed by atoms with E-state index < -0.39 is 30.0 Å². The van der Waals surface area contributed by atoms with E-state index in [1.165, 1.54) is 30.5 Å². The highest BCUT2D eigenvalue weighted by atomic mass is 19.4. The fourth-order valence-electron chi connectivity index (χ4n) is 2.22. The summed E-state index contributed by atoms with van der Waals surface area (Å²) in [5.41, 5.74) is 1.68. The van der Waals surface area contributed by atoms with Gasteiger partial charge in [0.2, 0.25) is 11.8 Å². The molecule has 0 saturated heterocycles. The maximum Gasteiger partial charge on any atom is 0.416 e. The van der Waals surface area contributed by atoms with Gasteiger partial charge in [0.1, 0.15) is 6.42 Å². The minimum Gasteiger partial charge on any atom is -0.504 e. The molecule has 0 fully saturated rings. The van der Waals surface area contributed by atoms with Gasteiger partial charge in [0, 0.05) is 5.69 Å². The summed E-state index contributed by atoms with van der Waals surface area (Å²) in [7, 11) is 0. The smallest absolute Gasteiger partial charge is 0.416 e. The number of aromatic hydroxyl groups is 1.